The summed E-state index contributed by atoms with van der Waals surface area (Å²) in [5, 5.41) is 8.05. The second-order valence-electron chi connectivity index (χ2n) is 5.86. The first-order valence-electron chi connectivity index (χ1n) is 7.84. The summed E-state index contributed by atoms with van der Waals surface area (Å²) in [6.45, 7) is 5.59. The van der Waals surface area contributed by atoms with Crippen LogP contribution in [0.2, 0.25) is 0 Å². The van der Waals surface area contributed by atoms with Gasteiger partial charge >= 0.3 is 6.18 Å². The van der Waals surface area contributed by atoms with E-state index in [1.807, 2.05) is 13.0 Å². The molecule has 0 atom stereocenters. The molecular weight excluding hydrogens is 343 g/mol. The monoisotopic (exact) mass is 359 g/mol. The molecule has 0 spiro atoms. The van der Waals surface area contributed by atoms with Crippen molar-refractivity contribution in [3.05, 3.63) is 71.9 Å². The molecular formula is C19H16F3N3O. The van der Waals surface area contributed by atoms with Crippen LogP contribution in [0.15, 0.2) is 55.1 Å². The number of aromatic nitrogens is 2. The van der Waals surface area contributed by atoms with Gasteiger partial charge in [0.1, 0.15) is 0 Å². The van der Waals surface area contributed by atoms with Crippen LogP contribution in [-0.2, 0) is 17.5 Å². The second-order valence-corrected chi connectivity index (χ2v) is 5.86. The highest BCUT2D eigenvalue weighted by atomic mass is 19.4. The number of hydrogen-bond acceptors (Lipinski definition) is 2. The Hall–Kier alpha value is -3.09. The molecule has 7 heteroatoms. The quantitative estimate of drug-likeness (QED) is 0.696. The van der Waals surface area contributed by atoms with E-state index in [0.717, 1.165) is 28.7 Å². The van der Waals surface area contributed by atoms with E-state index < -0.39 is 11.7 Å². The molecule has 0 saturated carbocycles. The van der Waals surface area contributed by atoms with Gasteiger partial charge in [0, 0.05) is 11.1 Å². The Morgan fingerprint density at radius 1 is 1.23 bits per heavy atom. The van der Waals surface area contributed by atoms with Crippen LogP contribution in [0, 0.1) is 6.92 Å². The molecule has 2 aromatic carbocycles. The van der Waals surface area contributed by atoms with Crippen LogP contribution < -0.4 is 5.32 Å². The number of benzene rings is 2. The van der Waals surface area contributed by atoms with Crippen molar-refractivity contribution in [1.82, 2.24) is 9.78 Å². The third-order valence-corrected chi connectivity index (χ3v) is 4.00. The van der Waals surface area contributed by atoms with Crippen molar-refractivity contribution in [3.63, 3.8) is 0 Å². The Morgan fingerprint density at radius 2 is 1.92 bits per heavy atom. The summed E-state index contributed by atoms with van der Waals surface area (Å²) >= 11 is 0. The van der Waals surface area contributed by atoms with E-state index >= 15 is 0 Å². The van der Waals surface area contributed by atoms with Gasteiger partial charge in [0.25, 0.3) is 0 Å². The molecule has 26 heavy (non-hydrogen) atoms. The predicted molar refractivity (Wildman–Crippen MR) is 93.8 cm³/mol. The minimum atomic E-state index is -4.36. The molecule has 0 unspecified atom stereocenters. The summed E-state index contributed by atoms with van der Waals surface area (Å²) in [4.78, 5) is 11.5. The van der Waals surface area contributed by atoms with Gasteiger partial charge in [0.05, 0.1) is 23.3 Å². The van der Waals surface area contributed by atoms with Gasteiger partial charge in [0.2, 0.25) is 5.91 Å². The van der Waals surface area contributed by atoms with E-state index in [2.05, 4.69) is 17.0 Å². The Bertz CT molecular complexity index is 972. The molecule has 3 aromatic rings. The largest absolute Gasteiger partial charge is 0.416 e. The molecule has 0 bridgehead atoms. The maximum Gasteiger partial charge on any atom is 0.416 e. The number of nitrogens with zero attached hydrogens (tertiary/aromatic N) is 2. The molecule has 0 aliphatic carbocycles. The molecule has 1 N–H and O–H groups in total. The van der Waals surface area contributed by atoms with Crippen LogP contribution in [0.5, 0.6) is 0 Å². The minimum absolute atomic E-state index is 0.321. The molecule has 0 aliphatic heterocycles. The van der Waals surface area contributed by atoms with E-state index in [-0.39, 0.29) is 5.91 Å². The number of aryl methyl sites for hydroxylation is 1. The van der Waals surface area contributed by atoms with Crippen molar-refractivity contribution in [2.75, 3.05) is 5.32 Å². The lowest BCUT2D eigenvalue weighted by atomic mass is 10.1. The number of anilines is 1. The van der Waals surface area contributed by atoms with Crippen LogP contribution in [0.25, 0.3) is 10.9 Å². The van der Waals surface area contributed by atoms with Gasteiger partial charge in [-0.1, -0.05) is 18.7 Å². The molecule has 4 nitrogen and oxygen atoms in total. The van der Waals surface area contributed by atoms with Crippen LogP contribution in [0.1, 0.15) is 16.8 Å². The fourth-order valence-corrected chi connectivity index (χ4v) is 2.70. The SMILES string of the molecule is C=CC(=O)Nc1ccc2c(C)nn(Cc3ccc(C(F)(F)F)cc3)c2c1. The highest BCUT2D eigenvalue weighted by molar-refractivity contribution is 6.00. The van der Waals surface area contributed by atoms with Crippen molar-refractivity contribution in [1.29, 1.82) is 0 Å². The first-order chi connectivity index (χ1) is 12.3. The zero-order valence-electron chi connectivity index (χ0n) is 14.0. The summed E-state index contributed by atoms with van der Waals surface area (Å²) in [7, 11) is 0. The summed E-state index contributed by atoms with van der Waals surface area (Å²) in [6.07, 6.45) is -3.18. The third kappa shape index (κ3) is 3.61. The van der Waals surface area contributed by atoms with Gasteiger partial charge in [-0.05, 0) is 48.9 Å². The van der Waals surface area contributed by atoms with Crippen LogP contribution >= 0.6 is 0 Å². The minimum Gasteiger partial charge on any atom is -0.322 e. The van der Waals surface area contributed by atoms with Gasteiger partial charge in [-0.15, -0.1) is 0 Å². The Labute approximate surface area is 147 Å². The van der Waals surface area contributed by atoms with E-state index in [9.17, 15) is 18.0 Å². The molecule has 134 valence electrons. The number of halogens is 3. The highest BCUT2D eigenvalue weighted by Gasteiger charge is 2.29. The number of amides is 1. The lowest BCUT2D eigenvalue weighted by Gasteiger charge is -2.09. The molecule has 1 amide bonds. The van der Waals surface area contributed by atoms with Crippen LogP contribution in [0.4, 0.5) is 18.9 Å². The summed E-state index contributed by atoms with van der Waals surface area (Å²) < 4.78 is 39.7. The number of hydrogen-bond donors (Lipinski definition) is 1. The summed E-state index contributed by atoms with van der Waals surface area (Å²) in [6, 6.07) is 10.4. The molecule has 0 aliphatic rings. The maximum atomic E-state index is 12.7. The number of nitrogens with one attached hydrogen (secondary N) is 1. The topological polar surface area (TPSA) is 46.9 Å². The Kier molecular flexibility index (Phi) is 4.54. The maximum absolute atomic E-state index is 12.7. The predicted octanol–water partition coefficient (Wildman–Crippen LogP) is 4.54. The van der Waals surface area contributed by atoms with Crippen molar-refractivity contribution < 1.29 is 18.0 Å². The average molecular weight is 359 g/mol. The molecule has 0 radical (unpaired) electrons. The zero-order chi connectivity index (χ0) is 18.9. The van der Waals surface area contributed by atoms with Gasteiger partial charge in [-0.25, -0.2) is 0 Å². The number of carbonyl (C=O) groups excluding carboxylic acids is 1. The number of fused-ring (bicyclic) bond motifs is 1. The smallest absolute Gasteiger partial charge is 0.322 e. The summed E-state index contributed by atoms with van der Waals surface area (Å²) in [5.41, 5.74) is 2.19. The first kappa shape index (κ1) is 17.7. The van der Waals surface area contributed by atoms with Gasteiger partial charge in [-0.2, -0.15) is 18.3 Å². The Balaban J connectivity index is 1.93. The van der Waals surface area contributed by atoms with Gasteiger partial charge < -0.3 is 5.32 Å². The zero-order valence-corrected chi connectivity index (χ0v) is 14.0. The molecule has 1 aromatic heterocycles. The van der Waals surface area contributed by atoms with Crippen molar-refractivity contribution in [2.45, 2.75) is 19.6 Å². The molecule has 1 heterocycles. The van der Waals surface area contributed by atoms with Gasteiger partial charge in [0.15, 0.2) is 0 Å². The van der Waals surface area contributed by atoms with E-state index in [0.29, 0.717) is 17.8 Å². The molecule has 0 saturated heterocycles. The lowest BCUT2D eigenvalue weighted by molar-refractivity contribution is -0.137. The van der Waals surface area contributed by atoms with E-state index in [4.69, 9.17) is 0 Å². The van der Waals surface area contributed by atoms with Gasteiger partial charge in [-0.3, -0.25) is 9.48 Å². The fourth-order valence-electron chi connectivity index (χ4n) is 2.70. The first-order valence-corrected chi connectivity index (χ1v) is 7.84. The summed E-state index contributed by atoms with van der Waals surface area (Å²) in [5.74, 6) is -0.324. The third-order valence-electron chi connectivity index (χ3n) is 4.00. The van der Waals surface area contributed by atoms with E-state index in [1.54, 1.807) is 16.8 Å². The van der Waals surface area contributed by atoms with E-state index in [1.165, 1.54) is 18.2 Å². The van der Waals surface area contributed by atoms with Crippen molar-refractivity contribution in [3.8, 4) is 0 Å². The van der Waals surface area contributed by atoms with Crippen molar-refractivity contribution >= 4 is 22.5 Å². The van der Waals surface area contributed by atoms with Crippen LogP contribution in [0.3, 0.4) is 0 Å². The average Bonchev–Trinajstić information content (AvgIpc) is 2.90. The molecule has 3 rings (SSSR count). The standard InChI is InChI=1S/C19H16F3N3O/c1-3-18(26)23-15-8-9-16-12(2)24-25(17(16)10-15)11-13-4-6-14(7-5-13)19(20,21)22/h3-10H,1,11H2,2H3,(H,23,26). The molecule has 0 fully saturated rings. The number of alkyl halides is 3. The fraction of sp³-hybridized carbons (Fsp3) is 0.158. The highest BCUT2D eigenvalue weighted by Crippen LogP contribution is 2.29. The lowest BCUT2D eigenvalue weighted by Crippen LogP contribution is -2.08. The van der Waals surface area contributed by atoms with Crippen LogP contribution in [-0.4, -0.2) is 15.7 Å². The Morgan fingerprint density at radius 3 is 2.54 bits per heavy atom. The second kappa shape index (κ2) is 6.67. The number of rotatable bonds is 4. The number of carbonyl (C=O) groups is 1. The normalized spacial score (nSPS) is 11.5. The van der Waals surface area contributed by atoms with Crippen molar-refractivity contribution in [2.24, 2.45) is 0 Å².